The van der Waals surface area contributed by atoms with E-state index in [2.05, 4.69) is 62.0 Å². The molecule has 0 aromatic heterocycles. The molecule has 1 aromatic rings. The summed E-state index contributed by atoms with van der Waals surface area (Å²) < 4.78 is 0. The molecule has 0 radical (unpaired) electrons. The SMILES string of the molecule is Cc1ccccc1C(C(C)N)N1CCC(N(C)C)C1. The zero-order valence-electron chi connectivity index (χ0n) is 12.6. The largest absolute Gasteiger partial charge is 0.326 e. The zero-order valence-corrected chi connectivity index (χ0v) is 12.6. The molecule has 1 saturated heterocycles. The van der Waals surface area contributed by atoms with E-state index in [1.54, 1.807) is 0 Å². The van der Waals surface area contributed by atoms with Gasteiger partial charge in [-0.15, -0.1) is 0 Å². The Hall–Kier alpha value is -0.900. The van der Waals surface area contributed by atoms with Crippen molar-refractivity contribution >= 4 is 0 Å². The van der Waals surface area contributed by atoms with Crippen LogP contribution in [0, 0.1) is 6.92 Å². The van der Waals surface area contributed by atoms with Crippen molar-refractivity contribution in [1.82, 2.24) is 9.80 Å². The quantitative estimate of drug-likeness (QED) is 0.900. The predicted octanol–water partition coefficient (Wildman–Crippen LogP) is 2.02. The number of likely N-dealkylation sites (N-methyl/N-ethyl adjacent to an activating group) is 1. The highest BCUT2D eigenvalue weighted by Gasteiger charge is 2.32. The van der Waals surface area contributed by atoms with Crippen molar-refractivity contribution in [2.45, 2.75) is 38.4 Å². The van der Waals surface area contributed by atoms with E-state index < -0.39 is 0 Å². The van der Waals surface area contributed by atoms with Crippen molar-refractivity contribution in [3.05, 3.63) is 35.4 Å². The first-order valence-electron chi connectivity index (χ1n) is 7.22. The molecule has 3 unspecified atom stereocenters. The van der Waals surface area contributed by atoms with E-state index in [0.29, 0.717) is 12.1 Å². The lowest BCUT2D eigenvalue weighted by atomic mass is 9.95. The molecule has 0 bridgehead atoms. The fraction of sp³-hybridized carbons (Fsp3) is 0.625. The molecule has 3 heteroatoms. The van der Waals surface area contributed by atoms with Crippen LogP contribution in [0.4, 0.5) is 0 Å². The molecule has 1 fully saturated rings. The van der Waals surface area contributed by atoms with Gasteiger partial charge in [0.2, 0.25) is 0 Å². The Morgan fingerprint density at radius 1 is 1.32 bits per heavy atom. The van der Waals surface area contributed by atoms with Gasteiger partial charge in [-0.25, -0.2) is 0 Å². The first kappa shape index (κ1) is 14.5. The minimum atomic E-state index is 0.155. The molecule has 2 rings (SSSR count). The maximum Gasteiger partial charge on any atom is 0.0499 e. The number of likely N-dealkylation sites (tertiary alicyclic amines) is 1. The maximum absolute atomic E-state index is 6.28. The van der Waals surface area contributed by atoms with Crippen molar-refractivity contribution < 1.29 is 0 Å². The van der Waals surface area contributed by atoms with Crippen LogP contribution in [0.25, 0.3) is 0 Å². The Kier molecular flexibility index (Phi) is 4.61. The standard InChI is InChI=1S/C16H27N3/c1-12-7-5-6-8-15(12)16(13(2)17)19-10-9-14(11-19)18(3)4/h5-8,13-14,16H,9-11,17H2,1-4H3. The average Bonchev–Trinajstić information content (AvgIpc) is 2.81. The summed E-state index contributed by atoms with van der Waals surface area (Å²) >= 11 is 0. The Bertz CT molecular complexity index is 414. The molecule has 0 saturated carbocycles. The second-order valence-electron chi connectivity index (χ2n) is 6.06. The number of benzene rings is 1. The highest BCUT2D eigenvalue weighted by Crippen LogP contribution is 2.30. The van der Waals surface area contributed by atoms with Crippen LogP contribution in [0.3, 0.4) is 0 Å². The topological polar surface area (TPSA) is 32.5 Å². The van der Waals surface area contributed by atoms with E-state index in [1.807, 2.05) is 0 Å². The van der Waals surface area contributed by atoms with Crippen molar-refractivity contribution in [2.75, 3.05) is 27.2 Å². The van der Waals surface area contributed by atoms with Crippen LogP contribution < -0.4 is 5.73 Å². The van der Waals surface area contributed by atoms with Gasteiger partial charge in [-0.1, -0.05) is 24.3 Å². The molecule has 0 spiro atoms. The Balaban J connectivity index is 2.21. The number of nitrogens with two attached hydrogens (primary N) is 1. The molecule has 1 aromatic carbocycles. The fourth-order valence-corrected chi connectivity index (χ4v) is 3.17. The summed E-state index contributed by atoms with van der Waals surface area (Å²) in [6.07, 6.45) is 1.24. The minimum Gasteiger partial charge on any atom is -0.326 e. The lowest BCUT2D eigenvalue weighted by Gasteiger charge is -2.33. The van der Waals surface area contributed by atoms with Gasteiger partial charge in [0, 0.05) is 31.2 Å². The van der Waals surface area contributed by atoms with E-state index in [-0.39, 0.29) is 6.04 Å². The minimum absolute atomic E-state index is 0.155. The first-order valence-corrected chi connectivity index (χ1v) is 7.22. The third kappa shape index (κ3) is 3.16. The van der Waals surface area contributed by atoms with Crippen LogP contribution in [0.15, 0.2) is 24.3 Å². The van der Waals surface area contributed by atoms with Gasteiger partial charge in [-0.3, -0.25) is 4.90 Å². The summed E-state index contributed by atoms with van der Waals surface area (Å²) in [5.74, 6) is 0. The average molecular weight is 261 g/mol. The monoisotopic (exact) mass is 261 g/mol. The Morgan fingerprint density at radius 3 is 2.53 bits per heavy atom. The molecule has 106 valence electrons. The normalized spacial score (nSPS) is 23.8. The van der Waals surface area contributed by atoms with E-state index in [1.165, 1.54) is 17.5 Å². The molecule has 0 aliphatic carbocycles. The summed E-state index contributed by atoms with van der Waals surface area (Å²) in [6, 6.07) is 9.79. The van der Waals surface area contributed by atoms with Crippen LogP contribution in [-0.4, -0.2) is 49.1 Å². The van der Waals surface area contributed by atoms with Gasteiger partial charge in [-0.2, -0.15) is 0 Å². The molecule has 3 nitrogen and oxygen atoms in total. The number of hydrogen-bond donors (Lipinski definition) is 1. The van der Waals surface area contributed by atoms with E-state index in [4.69, 9.17) is 5.73 Å². The second-order valence-corrected chi connectivity index (χ2v) is 6.06. The van der Waals surface area contributed by atoms with Gasteiger partial charge in [-0.05, 0) is 45.5 Å². The number of hydrogen-bond acceptors (Lipinski definition) is 3. The smallest absolute Gasteiger partial charge is 0.0499 e. The van der Waals surface area contributed by atoms with Crippen LogP contribution in [-0.2, 0) is 0 Å². The van der Waals surface area contributed by atoms with Crippen molar-refractivity contribution in [1.29, 1.82) is 0 Å². The summed E-state index contributed by atoms with van der Waals surface area (Å²) in [7, 11) is 4.34. The fourth-order valence-electron chi connectivity index (χ4n) is 3.17. The van der Waals surface area contributed by atoms with Gasteiger partial charge in [0.15, 0.2) is 0 Å². The summed E-state index contributed by atoms with van der Waals surface area (Å²) in [6.45, 7) is 6.57. The highest BCUT2D eigenvalue weighted by atomic mass is 15.3. The summed E-state index contributed by atoms with van der Waals surface area (Å²) in [5.41, 5.74) is 9.02. The third-order valence-corrected chi connectivity index (χ3v) is 4.32. The maximum atomic E-state index is 6.28. The van der Waals surface area contributed by atoms with E-state index in [9.17, 15) is 0 Å². The molecule has 19 heavy (non-hydrogen) atoms. The first-order chi connectivity index (χ1) is 9.00. The number of rotatable bonds is 4. The highest BCUT2D eigenvalue weighted by molar-refractivity contribution is 5.30. The summed E-state index contributed by atoms with van der Waals surface area (Å²) in [5, 5.41) is 0. The van der Waals surface area contributed by atoms with Crippen LogP contribution in [0.2, 0.25) is 0 Å². The van der Waals surface area contributed by atoms with E-state index in [0.717, 1.165) is 13.1 Å². The van der Waals surface area contributed by atoms with Crippen molar-refractivity contribution in [3.63, 3.8) is 0 Å². The second kappa shape index (κ2) is 6.04. The van der Waals surface area contributed by atoms with Crippen LogP contribution in [0.1, 0.15) is 30.5 Å². The van der Waals surface area contributed by atoms with Gasteiger partial charge in [0.1, 0.15) is 0 Å². The van der Waals surface area contributed by atoms with Crippen LogP contribution >= 0.6 is 0 Å². The summed E-state index contributed by atoms with van der Waals surface area (Å²) in [4.78, 5) is 4.88. The molecule has 3 atom stereocenters. The van der Waals surface area contributed by atoms with Crippen molar-refractivity contribution in [3.8, 4) is 0 Å². The lowest BCUT2D eigenvalue weighted by Crippen LogP contribution is -2.40. The Morgan fingerprint density at radius 2 is 2.00 bits per heavy atom. The van der Waals surface area contributed by atoms with Crippen molar-refractivity contribution in [2.24, 2.45) is 5.73 Å². The molecule has 1 aliphatic heterocycles. The van der Waals surface area contributed by atoms with Gasteiger partial charge >= 0.3 is 0 Å². The lowest BCUT2D eigenvalue weighted by molar-refractivity contribution is 0.196. The molecular weight excluding hydrogens is 234 g/mol. The van der Waals surface area contributed by atoms with E-state index >= 15 is 0 Å². The number of nitrogens with zero attached hydrogens (tertiary/aromatic N) is 2. The predicted molar refractivity (Wildman–Crippen MR) is 81.2 cm³/mol. The van der Waals surface area contributed by atoms with Gasteiger partial charge in [0.05, 0.1) is 0 Å². The molecular formula is C16H27N3. The molecule has 0 amide bonds. The molecule has 2 N–H and O–H groups in total. The molecule has 1 heterocycles. The van der Waals surface area contributed by atoms with Gasteiger partial charge < -0.3 is 10.6 Å². The van der Waals surface area contributed by atoms with Gasteiger partial charge in [0.25, 0.3) is 0 Å². The Labute approximate surface area is 117 Å². The third-order valence-electron chi connectivity index (χ3n) is 4.32. The zero-order chi connectivity index (χ0) is 14.0. The molecule has 1 aliphatic rings. The van der Waals surface area contributed by atoms with Crippen LogP contribution in [0.5, 0.6) is 0 Å². The number of aryl methyl sites for hydroxylation is 1.